The first kappa shape index (κ1) is 7.67. The largest absolute Gasteiger partial charge is 0.200 e. The molecule has 0 atom stereocenters. The predicted molar refractivity (Wildman–Crippen MR) is 51.0 cm³/mol. The van der Waals surface area contributed by atoms with Crippen LogP contribution in [-0.4, -0.2) is 19.8 Å². The van der Waals surface area contributed by atoms with Crippen LogP contribution >= 0.6 is 0 Å². The molecule has 4 nitrogen and oxygen atoms in total. The Kier molecular flexibility index (Phi) is 1.66. The topological polar surface area (TPSA) is 43.1 Å². The summed E-state index contributed by atoms with van der Waals surface area (Å²) in [5.74, 6) is 0. The molecule has 2 aromatic heterocycles. The molecular weight excluding hydrogens is 164 g/mol. The highest BCUT2D eigenvalue weighted by molar-refractivity contribution is 5.72. The Morgan fingerprint density at radius 2 is 2.15 bits per heavy atom. The molecule has 0 radical (unpaired) electrons. The molecule has 2 rings (SSSR count). The molecule has 0 aromatic carbocycles. The van der Waals surface area contributed by atoms with Gasteiger partial charge in [0.05, 0.1) is 6.20 Å². The normalized spacial score (nSPS) is 10.2. The second kappa shape index (κ2) is 2.82. The molecule has 0 aliphatic heterocycles. The second-order valence-electron chi connectivity index (χ2n) is 2.52. The van der Waals surface area contributed by atoms with Crippen LogP contribution in [0.4, 0.5) is 0 Å². The van der Waals surface area contributed by atoms with E-state index in [2.05, 4.69) is 28.5 Å². The highest BCUT2D eigenvalue weighted by Crippen LogP contribution is 2.14. The minimum absolute atomic E-state index is 0.701. The van der Waals surface area contributed by atoms with E-state index in [1.54, 1.807) is 29.2 Å². The Labute approximate surface area is 75.2 Å². The van der Waals surface area contributed by atoms with Gasteiger partial charge in [-0.2, -0.15) is 9.61 Å². The molecule has 2 heterocycles. The van der Waals surface area contributed by atoms with Gasteiger partial charge in [0.15, 0.2) is 5.65 Å². The third-order valence-electron chi connectivity index (χ3n) is 1.83. The number of fused-ring (bicyclic) bond motifs is 1. The zero-order chi connectivity index (χ0) is 9.26. The first-order valence-corrected chi connectivity index (χ1v) is 3.80. The highest BCUT2D eigenvalue weighted by atomic mass is 15.3. The highest BCUT2D eigenvalue weighted by Gasteiger charge is 2.04. The van der Waals surface area contributed by atoms with E-state index in [0.717, 1.165) is 11.1 Å². The lowest BCUT2D eigenvalue weighted by atomic mass is 10.1. The number of hydrogen-bond donors (Lipinski definition) is 0. The van der Waals surface area contributed by atoms with Gasteiger partial charge < -0.3 is 0 Å². The summed E-state index contributed by atoms with van der Waals surface area (Å²) in [7, 11) is 0. The van der Waals surface area contributed by atoms with Crippen molar-refractivity contribution in [2.45, 2.75) is 0 Å². The third-order valence-corrected chi connectivity index (χ3v) is 1.83. The monoisotopic (exact) mass is 172 g/mol. The van der Waals surface area contributed by atoms with Gasteiger partial charge in [0.1, 0.15) is 6.33 Å². The minimum Gasteiger partial charge on any atom is -0.200 e. The van der Waals surface area contributed by atoms with Gasteiger partial charge in [-0.05, 0) is 0 Å². The van der Waals surface area contributed by atoms with Gasteiger partial charge in [0, 0.05) is 11.1 Å². The fourth-order valence-corrected chi connectivity index (χ4v) is 1.19. The van der Waals surface area contributed by atoms with Crippen LogP contribution in [0.5, 0.6) is 0 Å². The lowest BCUT2D eigenvalue weighted by Crippen LogP contribution is -1.94. The van der Waals surface area contributed by atoms with Gasteiger partial charge in [-0.25, -0.2) is 0 Å². The van der Waals surface area contributed by atoms with Gasteiger partial charge in [0.2, 0.25) is 0 Å². The Morgan fingerprint density at radius 3 is 2.85 bits per heavy atom. The van der Waals surface area contributed by atoms with Crippen LogP contribution in [0, 0.1) is 0 Å². The van der Waals surface area contributed by atoms with Crippen molar-refractivity contribution >= 4 is 17.8 Å². The lowest BCUT2D eigenvalue weighted by molar-refractivity contribution is 0.922. The van der Waals surface area contributed by atoms with Crippen LogP contribution in [0.1, 0.15) is 11.1 Å². The molecule has 0 unspecified atom stereocenters. The first-order chi connectivity index (χ1) is 6.36. The molecule has 0 spiro atoms. The van der Waals surface area contributed by atoms with Crippen molar-refractivity contribution in [1.29, 1.82) is 0 Å². The SMILES string of the molecule is C=Cc1cnn2cnnc2c1C=C. The quantitative estimate of drug-likeness (QED) is 0.687. The fourth-order valence-electron chi connectivity index (χ4n) is 1.19. The van der Waals surface area contributed by atoms with E-state index in [0.29, 0.717) is 5.65 Å². The van der Waals surface area contributed by atoms with Crippen LogP contribution in [0.15, 0.2) is 25.7 Å². The summed E-state index contributed by atoms with van der Waals surface area (Å²) < 4.78 is 1.60. The fraction of sp³-hybridized carbons (Fsp3) is 0. The summed E-state index contributed by atoms with van der Waals surface area (Å²) >= 11 is 0. The standard InChI is InChI=1S/C9H8N4/c1-3-7-5-11-13-6-10-12-9(13)8(7)4-2/h3-6H,1-2H2. The molecule has 0 aliphatic carbocycles. The molecular formula is C9H8N4. The number of nitrogens with zero attached hydrogens (tertiary/aromatic N) is 4. The molecule has 0 fully saturated rings. The molecule has 0 N–H and O–H groups in total. The smallest absolute Gasteiger partial charge is 0.185 e. The van der Waals surface area contributed by atoms with Crippen molar-refractivity contribution in [3.05, 3.63) is 36.8 Å². The number of hydrogen-bond acceptors (Lipinski definition) is 3. The average Bonchev–Trinajstić information content (AvgIpc) is 2.63. The van der Waals surface area contributed by atoms with Gasteiger partial charge >= 0.3 is 0 Å². The summed E-state index contributed by atoms with van der Waals surface area (Å²) in [5, 5.41) is 11.8. The van der Waals surface area contributed by atoms with Crippen molar-refractivity contribution < 1.29 is 0 Å². The molecule has 0 saturated carbocycles. The predicted octanol–water partition coefficient (Wildman–Crippen LogP) is 1.41. The van der Waals surface area contributed by atoms with Crippen molar-refractivity contribution in [2.24, 2.45) is 0 Å². The maximum atomic E-state index is 4.09. The second-order valence-corrected chi connectivity index (χ2v) is 2.52. The Balaban J connectivity index is 2.89. The van der Waals surface area contributed by atoms with E-state index >= 15 is 0 Å². The van der Waals surface area contributed by atoms with Crippen molar-refractivity contribution in [2.75, 3.05) is 0 Å². The van der Waals surface area contributed by atoms with E-state index in [1.165, 1.54) is 0 Å². The number of aromatic nitrogens is 4. The van der Waals surface area contributed by atoms with Crippen molar-refractivity contribution in [3.63, 3.8) is 0 Å². The van der Waals surface area contributed by atoms with E-state index < -0.39 is 0 Å². The Hall–Kier alpha value is -1.97. The summed E-state index contributed by atoms with van der Waals surface area (Å²) in [6.07, 6.45) is 6.71. The van der Waals surface area contributed by atoms with E-state index in [-0.39, 0.29) is 0 Å². The maximum absolute atomic E-state index is 4.09. The van der Waals surface area contributed by atoms with Crippen molar-refractivity contribution in [3.8, 4) is 0 Å². The van der Waals surface area contributed by atoms with Crippen LogP contribution in [0.2, 0.25) is 0 Å². The van der Waals surface area contributed by atoms with E-state index in [1.807, 2.05) is 0 Å². The van der Waals surface area contributed by atoms with Crippen LogP contribution < -0.4 is 0 Å². The third kappa shape index (κ3) is 1.03. The minimum atomic E-state index is 0.701. The van der Waals surface area contributed by atoms with Crippen LogP contribution in [0.3, 0.4) is 0 Å². The van der Waals surface area contributed by atoms with Gasteiger partial charge in [-0.1, -0.05) is 25.3 Å². The molecule has 0 bridgehead atoms. The van der Waals surface area contributed by atoms with Gasteiger partial charge in [0.25, 0.3) is 0 Å². The summed E-state index contributed by atoms with van der Waals surface area (Å²) in [6.45, 7) is 7.40. The summed E-state index contributed by atoms with van der Waals surface area (Å²) in [5.41, 5.74) is 2.52. The van der Waals surface area contributed by atoms with Crippen LogP contribution in [-0.2, 0) is 0 Å². The molecule has 0 amide bonds. The Bertz CT molecular complexity index is 469. The number of rotatable bonds is 2. The average molecular weight is 172 g/mol. The maximum Gasteiger partial charge on any atom is 0.185 e. The van der Waals surface area contributed by atoms with Gasteiger partial charge in [-0.3, -0.25) is 0 Å². The van der Waals surface area contributed by atoms with Crippen molar-refractivity contribution in [1.82, 2.24) is 19.8 Å². The molecule has 2 aromatic rings. The first-order valence-electron chi connectivity index (χ1n) is 3.80. The zero-order valence-corrected chi connectivity index (χ0v) is 7.01. The van der Waals surface area contributed by atoms with Crippen LogP contribution in [0.25, 0.3) is 17.8 Å². The molecule has 4 heteroatoms. The summed E-state index contributed by atoms with van der Waals surface area (Å²) in [4.78, 5) is 0. The molecule has 64 valence electrons. The Morgan fingerprint density at radius 1 is 1.31 bits per heavy atom. The van der Waals surface area contributed by atoms with E-state index in [4.69, 9.17) is 0 Å². The summed E-state index contributed by atoms with van der Waals surface area (Å²) in [6, 6.07) is 0. The molecule has 13 heavy (non-hydrogen) atoms. The zero-order valence-electron chi connectivity index (χ0n) is 7.01. The van der Waals surface area contributed by atoms with E-state index in [9.17, 15) is 0 Å². The lowest BCUT2D eigenvalue weighted by Gasteiger charge is -2.00. The molecule has 0 saturated heterocycles. The molecule has 0 aliphatic rings. The van der Waals surface area contributed by atoms with Gasteiger partial charge in [-0.15, -0.1) is 10.2 Å².